The third kappa shape index (κ3) is 5.94. The zero-order valence-corrected chi connectivity index (χ0v) is 22.5. The second kappa shape index (κ2) is 12.1. The van der Waals surface area contributed by atoms with E-state index in [2.05, 4.69) is 10.2 Å². The van der Waals surface area contributed by atoms with Crippen LogP contribution in [0.5, 0.6) is 0 Å². The topological polar surface area (TPSA) is 94.2 Å². The minimum Gasteiger partial charge on any atom is -0.261 e. The van der Waals surface area contributed by atoms with Crippen molar-refractivity contribution in [3.8, 4) is 11.4 Å². The molecule has 6 rings (SSSR count). The van der Waals surface area contributed by atoms with Crippen LogP contribution in [-0.2, 0) is 0 Å². The summed E-state index contributed by atoms with van der Waals surface area (Å²) < 4.78 is 3.77. The summed E-state index contributed by atoms with van der Waals surface area (Å²) in [6.07, 6.45) is 0. The van der Waals surface area contributed by atoms with E-state index >= 15 is 0 Å². The molecule has 0 saturated carbocycles. The lowest BCUT2D eigenvalue weighted by molar-refractivity contribution is 0.836. The molecule has 0 aliphatic heterocycles. The molecule has 0 aliphatic carbocycles. The first-order chi connectivity index (χ1) is 19.5. The third-order valence-corrected chi connectivity index (χ3v) is 6.31. The molecular weight excluding hydrogens is 496 g/mol. The Bertz CT molecular complexity index is 1500. The maximum Gasteiger partial charge on any atom is 0.170 e. The van der Waals surface area contributed by atoms with Crippen LogP contribution >= 0.6 is 0 Å². The molecule has 0 spiro atoms. The molecule has 0 saturated heterocycles. The molecule has 0 fully saturated rings. The van der Waals surface area contributed by atoms with Crippen molar-refractivity contribution in [3.63, 3.8) is 0 Å². The molecule has 0 amide bonds. The van der Waals surface area contributed by atoms with Gasteiger partial charge < -0.3 is 0 Å². The lowest BCUT2D eigenvalue weighted by Gasteiger charge is -2.15. The van der Waals surface area contributed by atoms with Crippen molar-refractivity contribution in [3.05, 3.63) is 145 Å². The van der Waals surface area contributed by atoms with Crippen LogP contribution in [0, 0.1) is 13.8 Å². The lowest BCUT2D eigenvalue weighted by atomic mass is 10.3. The second-order valence-corrected chi connectivity index (χ2v) is 9.19. The summed E-state index contributed by atoms with van der Waals surface area (Å²) >= 11 is 0. The summed E-state index contributed by atoms with van der Waals surface area (Å²) in [6.45, 7) is 4.03. The van der Waals surface area contributed by atoms with Gasteiger partial charge in [0.15, 0.2) is 11.6 Å². The third-order valence-electron chi connectivity index (χ3n) is 6.31. The molecule has 2 heterocycles. The number of rotatable bonds is 6. The first-order valence-electron chi connectivity index (χ1n) is 12.9. The van der Waals surface area contributed by atoms with Crippen LogP contribution in [0.1, 0.15) is 11.4 Å². The van der Waals surface area contributed by atoms with E-state index in [1.165, 1.54) is 0 Å². The van der Waals surface area contributed by atoms with Crippen LogP contribution in [0.15, 0.2) is 133 Å². The summed E-state index contributed by atoms with van der Waals surface area (Å²) in [4.78, 5) is 0. The van der Waals surface area contributed by atoms with Gasteiger partial charge >= 0.3 is 0 Å². The van der Waals surface area contributed by atoms with Gasteiger partial charge in [-0.3, -0.25) is 10.0 Å². The summed E-state index contributed by atoms with van der Waals surface area (Å²) in [7, 11) is 0. The molecular formula is C32H32N8. The molecule has 0 unspecified atom stereocenters. The molecule has 200 valence electrons. The van der Waals surface area contributed by atoms with Crippen molar-refractivity contribution in [2.24, 2.45) is 11.7 Å². The van der Waals surface area contributed by atoms with Gasteiger partial charge in [-0.05, 0) is 62.4 Å². The number of para-hydroxylation sites is 4. The Morgan fingerprint density at radius 3 is 1.10 bits per heavy atom. The van der Waals surface area contributed by atoms with Crippen molar-refractivity contribution in [1.29, 1.82) is 0 Å². The molecule has 0 aliphatic rings. The van der Waals surface area contributed by atoms with E-state index < -0.39 is 0 Å². The molecule has 2 aromatic heterocycles. The number of aryl methyl sites for hydroxylation is 2. The van der Waals surface area contributed by atoms with Crippen LogP contribution in [0.3, 0.4) is 0 Å². The molecule has 4 aromatic carbocycles. The van der Waals surface area contributed by atoms with E-state index in [1.807, 2.05) is 157 Å². The van der Waals surface area contributed by atoms with Crippen LogP contribution < -0.4 is 21.7 Å². The number of aromatic nitrogens is 4. The predicted octanol–water partition coefficient (Wildman–Crippen LogP) is 6.39. The SMILES string of the molecule is Cc1cc(N(N)c2ccccc2)nn1-c1ccccc1.Cc1cc(N(N)c2ccccc2)nn1-c1ccccc1. The van der Waals surface area contributed by atoms with Gasteiger partial charge in [-0.25, -0.2) is 21.0 Å². The maximum atomic E-state index is 6.13. The number of hydrazine groups is 2. The minimum absolute atomic E-state index is 0.720. The van der Waals surface area contributed by atoms with Gasteiger partial charge in [0.2, 0.25) is 0 Å². The van der Waals surface area contributed by atoms with Crippen LogP contribution in [-0.4, -0.2) is 19.6 Å². The van der Waals surface area contributed by atoms with Crippen molar-refractivity contribution in [2.75, 3.05) is 10.0 Å². The summed E-state index contributed by atoms with van der Waals surface area (Å²) in [5, 5.41) is 12.3. The van der Waals surface area contributed by atoms with Gasteiger partial charge in [0, 0.05) is 23.5 Å². The van der Waals surface area contributed by atoms with Gasteiger partial charge in [0.1, 0.15) is 0 Å². The van der Waals surface area contributed by atoms with Crippen molar-refractivity contribution >= 4 is 23.0 Å². The first-order valence-corrected chi connectivity index (χ1v) is 12.9. The van der Waals surface area contributed by atoms with E-state index in [4.69, 9.17) is 11.7 Å². The Kier molecular flexibility index (Phi) is 8.01. The molecule has 0 atom stereocenters. The minimum atomic E-state index is 0.720. The van der Waals surface area contributed by atoms with Gasteiger partial charge in [0.25, 0.3) is 0 Å². The average Bonchev–Trinajstić information content (AvgIpc) is 3.61. The second-order valence-electron chi connectivity index (χ2n) is 9.19. The standard InChI is InChI=1S/2C16H16N4/c2*1-13-12-16(19(17)14-8-4-2-5-9-14)18-20(13)15-10-6-3-7-11-15/h2*2-12H,17H2,1H3. The highest BCUT2D eigenvalue weighted by molar-refractivity contribution is 5.59. The number of hydrogen-bond donors (Lipinski definition) is 2. The fraction of sp³-hybridized carbons (Fsp3) is 0.0625. The Hall–Kier alpha value is -5.18. The fourth-order valence-corrected chi connectivity index (χ4v) is 4.25. The van der Waals surface area contributed by atoms with E-state index in [9.17, 15) is 0 Å². The van der Waals surface area contributed by atoms with Crippen LogP contribution in [0.2, 0.25) is 0 Å². The smallest absolute Gasteiger partial charge is 0.170 e. The van der Waals surface area contributed by atoms with Crippen molar-refractivity contribution in [2.45, 2.75) is 13.8 Å². The Balaban J connectivity index is 0.000000161. The van der Waals surface area contributed by atoms with E-state index in [0.29, 0.717) is 0 Å². The van der Waals surface area contributed by atoms with Gasteiger partial charge in [0.05, 0.1) is 22.7 Å². The molecule has 6 aromatic rings. The molecule has 8 nitrogen and oxygen atoms in total. The molecule has 4 N–H and O–H groups in total. The van der Waals surface area contributed by atoms with Gasteiger partial charge in [-0.2, -0.15) is 0 Å². The fourth-order valence-electron chi connectivity index (χ4n) is 4.25. The predicted molar refractivity (Wildman–Crippen MR) is 162 cm³/mol. The van der Waals surface area contributed by atoms with E-state index in [0.717, 1.165) is 45.8 Å². The molecule has 40 heavy (non-hydrogen) atoms. The summed E-state index contributed by atoms with van der Waals surface area (Å²) in [6, 6.07) is 43.5. The van der Waals surface area contributed by atoms with Crippen molar-refractivity contribution in [1.82, 2.24) is 19.6 Å². The summed E-state index contributed by atoms with van der Waals surface area (Å²) in [5.41, 5.74) is 5.95. The lowest BCUT2D eigenvalue weighted by Crippen LogP contribution is -2.25. The number of nitrogens with two attached hydrogens (primary N) is 2. The summed E-state index contributed by atoms with van der Waals surface area (Å²) in [5.74, 6) is 13.7. The molecule has 8 heteroatoms. The van der Waals surface area contributed by atoms with E-state index in [1.54, 1.807) is 10.0 Å². The zero-order chi connectivity index (χ0) is 27.9. The number of hydrogen-bond acceptors (Lipinski definition) is 6. The maximum absolute atomic E-state index is 6.13. The Morgan fingerprint density at radius 2 is 0.775 bits per heavy atom. The van der Waals surface area contributed by atoms with Crippen molar-refractivity contribution < 1.29 is 0 Å². The largest absolute Gasteiger partial charge is 0.261 e. The van der Waals surface area contributed by atoms with Gasteiger partial charge in [-0.1, -0.05) is 72.8 Å². The van der Waals surface area contributed by atoms with Crippen LogP contribution in [0.4, 0.5) is 23.0 Å². The Labute approximate surface area is 234 Å². The monoisotopic (exact) mass is 528 g/mol. The highest BCUT2D eigenvalue weighted by Gasteiger charge is 2.12. The highest BCUT2D eigenvalue weighted by Crippen LogP contribution is 2.24. The first kappa shape index (κ1) is 26.4. The number of nitrogens with zero attached hydrogens (tertiary/aromatic N) is 6. The highest BCUT2D eigenvalue weighted by atomic mass is 15.5. The number of benzene rings is 4. The average molecular weight is 529 g/mol. The molecule has 0 bridgehead atoms. The Morgan fingerprint density at radius 1 is 0.475 bits per heavy atom. The number of anilines is 4. The zero-order valence-electron chi connectivity index (χ0n) is 22.5. The normalized spacial score (nSPS) is 10.5. The van der Waals surface area contributed by atoms with Crippen LogP contribution in [0.25, 0.3) is 11.4 Å². The quantitative estimate of drug-likeness (QED) is 0.192. The van der Waals surface area contributed by atoms with Gasteiger partial charge in [-0.15, -0.1) is 10.2 Å². The van der Waals surface area contributed by atoms with E-state index in [-0.39, 0.29) is 0 Å². The molecule has 0 radical (unpaired) electrons.